The van der Waals surface area contributed by atoms with Gasteiger partial charge in [-0.15, -0.1) is 10.2 Å². The molecule has 0 bridgehead atoms. The lowest BCUT2D eigenvalue weighted by atomic mass is 10.2. The highest BCUT2D eigenvalue weighted by atomic mass is 15.4. The van der Waals surface area contributed by atoms with E-state index in [0.29, 0.717) is 0 Å². The van der Waals surface area contributed by atoms with E-state index in [1.807, 2.05) is 73.9 Å². The van der Waals surface area contributed by atoms with Gasteiger partial charge >= 0.3 is 0 Å². The Bertz CT molecular complexity index is 743. The number of aromatic nitrogens is 4. The van der Waals surface area contributed by atoms with Crippen molar-refractivity contribution in [3.8, 4) is 11.4 Å². The Morgan fingerprint density at radius 3 is 2.65 bits per heavy atom. The van der Waals surface area contributed by atoms with E-state index in [1.165, 1.54) is 0 Å². The van der Waals surface area contributed by atoms with Crippen LogP contribution in [0.5, 0.6) is 0 Å². The molecule has 0 unspecified atom stereocenters. The summed E-state index contributed by atoms with van der Waals surface area (Å²) in [5, 5.41) is 12.8. The third-order valence-corrected chi connectivity index (χ3v) is 2.88. The third kappa shape index (κ3) is 2.38. The molecule has 0 saturated heterocycles. The van der Waals surface area contributed by atoms with Gasteiger partial charge in [-0.3, -0.25) is 0 Å². The van der Waals surface area contributed by atoms with E-state index in [2.05, 4.69) is 15.3 Å². The van der Waals surface area contributed by atoms with Crippen molar-refractivity contribution in [1.29, 1.82) is 0 Å². The van der Waals surface area contributed by atoms with Crippen LogP contribution < -0.4 is 0 Å². The molecule has 2 aromatic heterocycles. The Morgan fingerprint density at radius 1 is 1.10 bits per heavy atom. The van der Waals surface area contributed by atoms with Crippen LogP contribution in [0.2, 0.25) is 0 Å². The Labute approximate surface area is 117 Å². The third-order valence-electron chi connectivity index (χ3n) is 2.88. The number of hydrogen-bond donors (Lipinski definition) is 0. The topological polar surface area (TPSA) is 46.3 Å². The second-order valence-electron chi connectivity index (χ2n) is 4.73. The molecular formula is C15H15N5. The molecule has 3 aromatic rings. The first kappa shape index (κ1) is 12.3. The molecule has 0 aliphatic carbocycles. The smallest absolute Gasteiger partial charge is 0.185 e. The summed E-state index contributed by atoms with van der Waals surface area (Å²) in [5.41, 5.74) is 2.74. The lowest BCUT2D eigenvalue weighted by Crippen LogP contribution is -2.00. The molecule has 0 atom stereocenters. The van der Waals surface area contributed by atoms with Gasteiger partial charge in [-0.25, -0.2) is 0 Å². The first-order valence-electron chi connectivity index (χ1n) is 6.35. The fraction of sp³-hybridized carbons (Fsp3) is 0.133. The van der Waals surface area contributed by atoms with Crippen LogP contribution >= 0.6 is 0 Å². The molecule has 0 spiro atoms. The predicted molar refractivity (Wildman–Crippen MR) is 78.9 cm³/mol. The van der Waals surface area contributed by atoms with Gasteiger partial charge in [0, 0.05) is 19.7 Å². The molecule has 0 aliphatic rings. The molecule has 0 N–H and O–H groups in total. The summed E-state index contributed by atoms with van der Waals surface area (Å²) < 4.78 is 1.75. The molecule has 2 heterocycles. The highest BCUT2D eigenvalue weighted by Crippen LogP contribution is 2.17. The molecule has 5 nitrogen and oxygen atoms in total. The molecule has 100 valence electrons. The van der Waals surface area contributed by atoms with E-state index < -0.39 is 0 Å². The van der Waals surface area contributed by atoms with Gasteiger partial charge < -0.3 is 4.90 Å². The monoisotopic (exact) mass is 265 g/mol. The van der Waals surface area contributed by atoms with Crippen LogP contribution in [-0.2, 0) is 0 Å². The zero-order chi connectivity index (χ0) is 13.9. The molecule has 1 aromatic carbocycles. The standard InChI is InChI=1S/C15H15N5/c1-19(2)9-8-12-10-14-17-18-15(20(14)16-11-12)13-6-4-3-5-7-13/h3-11H,1-2H3/b9-8+. The minimum absolute atomic E-state index is 0.741. The highest BCUT2D eigenvalue weighted by Gasteiger charge is 2.08. The fourth-order valence-electron chi connectivity index (χ4n) is 1.90. The summed E-state index contributed by atoms with van der Waals surface area (Å²) in [4.78, 5) is 1.98. The molecule has 0 radical (unpaired) electrons. The van der Waals surface area contributed by atoms with Crippen molar-refractivity contribution in [3.63, 3.8) is 0 Å². The van der Waals surface area contributed by atoms with E-state index in [0.717, 1.165) is 22.6 Å². The Balaban J connectivity index is 2.03. The first-order valence-corrected chi connectivity index (χ1v) is 6.35. The number of rotatable bonds is 3. The van der Waals surface area contributed by atoms with Gasteiger partial charge in [-0.05, 0) is 23.9 Å². The maximum Gasteiger partial charge on any atom is 0.185 e. The molecule has 0 aliphatic heterocycles. The van der Waals surface area contributed by atoms with Gasteiger partial charge in [-0.2, -0.15) is 9.61 Å². The van der Waals surface area contributed by atoms with Gasteiger partial charge in [0.2, 0.25) is 0 Å². The molecule has 0 fully saturated rings. The second kappa shape index (κ2) is 5.13. The van der Waals surface area contributed by atoms with Gasteiger partial charge in [-0.1, -0.05) is 30.3 Å². The second-order valence-corrected chi connectivity index (χ2v) is 4.73. The summed E-state index contributed by atoms with van der Waals surface area (Å²) >= 11 is 0. The van der Waals surface area contributed by atoms with Crippen LogP contribution in [0.1, 0.15) is 5.56 Å². The van der Waals surface area contributed by atoms with Crippen LogP contribution in [-0.4, -0.2) is 38.8 Å². The molecule has 0 saturated carbocycles. The van der Waals surface area contributed by atoms with Crippen LogP contribution in [0.4, 0.5) is 0 Å². The normalized spacial score (nSPS) is 11.3. The molecule has 3 rings (SSSR count). The number of hydrogen-bond acceptors (Lipinski definition) is 4. The fourth-order valence-corrected chi connectivity index (χ4v) is 1.90. The van der Waals surface area contributed by atoms with Crippen LogP contribution in [0, 0.1) is 0 Å². The van der Waals surface area contributed by atoms with Crippen molar-refractivity contribution in [1.82, 2.24) is 24.7 Å². The SMILES string of the molecule is CN(C)/C=C/c1cnn2c(-c3ccccc3)nnc2c1. The van der Waals surface area contributed by atoms with Crippen molar-refractivity contribution < 1.29 is 0 Å². The van der Waals surface area contributed by atoms with Crippen molar-refractivity contribution >= 4 is 11.7 Å². The van der Waals surface area contributed by atoms with E-state index in [1.54, 1.807) is 4.52 Å². The summed E-state index contributed by atoms with van der Waals surface area (Å²) in [5.74, 6) is 0.753. The van der Waals surface area contributed by atoms with Crippen molar-refractivity contribution in [2.75, 3.05) is 14.1 Å². The molecular weight excluding hydrogens is 250 g/mol. The van der Waals surface area contributed by atoms with E-state index in [9.17, 15) is 0 Å². The largest absolute Gasteiger partial charge is 0.383 e. The van der Waals surface area contributed by atoms with Gasteiger partial charge in [0.1, 0.15) is 0 Å². The average Bonchev–Trinajstić information content (AvgIpc) is 2.89. The molecule has 20 heavy (non-hydrogen) atoms. The zero-order valence-electron chi connectivity index (χ0n) is 11.4. The van der Waals surface area contributed by atoms with Crippen LogP contribution in [0.25, 0.3) is 23.1 Å². The predicted octanol–water partition coefficient (Wildman–Crippen LogP) is 2.32. The average molecular weight is 265 g/mol. The molecule has 0 amide bonds. The highest BCUT2D eigenvalue weighted by molar-refractivity contribution is 5.60. The Morgan fingerprint density at radius 2 is 1.90 bits per heavy atom. The quantitative estimate of drug-likeness (QED) is 0.729. The minimum atomic E-state index is 0.741. The van der Waals surface area contributed by atoms with Crippen molar-refractivity contribution in [2.24, 2.45) is 0 Å². The summed E-state index contributed by atoms with van der Waals surface area (Å²) in [7, 11) is 3.96. The first-order chi connectivity index (χ1) is 9.74. The summed E-state index contributed by atoms with van der Waals surface area (Å²) in [6.45, 7) is 0. The van der Waals surface area contributed by atoms with Crippen molar-refractivity contribution in [3.05, 3.63) is 54.4 Å². The minimum Gasteiger partial charge on any atom is -0.383 e. The lowest BCUT2D eigenvalue weighted by molar-refractivity contribution is 0.567. The molecule has 5 heteroatoms. The Kier molecular flexibility index (Phi) is 3.16. The van der Waals surface area contributed by atoms with E-state index in [-0.39, 0.29) is 0 Å². The lowest BCUT2D eigenvalue weighted by Gasteiger charge is -2.03. The van der Waals surface area contributed by atoms with Crippen LogP contribution in [0.15, 0.2) is 48.8 Å². The maximum absolute atomic E-state index is 4.42. The van der Waals surface area contributed by atoms with Crippen LogP contribution in [0.3, 0.4) is 0 Å². The zero-order valence-corrected chi connectivity index (χ0v) is 11.4. The summed E-state index contributed by atoms with van der Waals surface area (Å²) in [6, 6.07) is 11.9. The maximum atomic E-state index is 4.42. The van der Waals surface area contributed by atoms with Gasteiger partial charge in [0.05, 0.1) is 6.20 Å². The van der Waals surface area contributed by atoms with E-state index >= 15 is 0 Å². The van der Waals surface area contributed by atoms with Gasteiger partial charge in [0.15, 0.2) is 11.5 Å². The summed E-state index contributed by atoms with van der Waals surface area (Å²) in [6.07, 6.45) is 5.77. The van der Waals surface area contributed by atoms with E-state index in [4.69, 9.17) is 0 Å². The van der Waals surface area contributed by atoms with Crippen molar-refractivity contribution in [2.45, 2.75) is 0 Å². The number of benzene rings is 1. The van der Waals surface area contributed by atoms with Gasteiger partial charge in [0.25, 0.3) is 0 Å². The Hall–Kier alpha value is -2.69. The number of fused-ring (bicyclic) bond motifs is 1. The number of nitrogens with zero attached hydrogens (tertiary/aromatic N) is 5.